The summed E-state index contributed by atoms with van der Waals surface area (Å²) in [6.07, 6.45) is 12.7. The third-order valence-corrected chi connectivity index (χ3v) is 5.47. The van der Waals surface area contributed by atoms with Crippen molar-refractivity contribution in [1.29, 1.82) is 0 Å². The maximum absolute atomic E-state index is 6.39. The Morgan fingerprint density at radius 1 is 0.913 bits per heavy atom. The highest BCUT2D eigenvalue weighted by molar-refractivity contribution is 6.41. The van der Waals surface area contributed by atoms with Gasteiger partial charge in [-0.3, -0.25) is 0 Å². The largest absolute Gasteiger partial charge is 0.315 e. The number of hydrogen-bond acceptors (Lipinski definition) is 1. The second-order valence-electron chi connectivity index (χ2n) is 7.84. The monoisotopic (exact) mass is 307 g/mol. The highest BCUT2D eigenvalue weighted by Gasteiger charge is 2.47. The zero-order chi connectivity index (χ0) is 17.5. The van der Waals surface area contributed by atoms with Crippen LogP contribution < -0.4 is 0 Å². The van der Waals surface area contributed by atoms with Gasteiger partial charge in [-0.1, -0.05) is 82.8 Å². The van der Waals surface area contributed by atoms with Crippen LogP contribution in [0.3, 0.4) is 0 Å². The molecular weight excluding hydrogens is 273 g/mol. The number of unbranched alkanes of at least 4 members (excludes halogenated alkanes) is 6. The number of rotatable bonds is 11. The van der Waals surface area contributed by atoms with Crippen LogP contribution in [-0.2, 0) is 0 Å². The van der Waals surface area contributed by atoms with Crippen molar-refractivity contribution in [1.82, 2.24) is 4.90 Å². The fraction of sp³-hybridized carbons (Fsp3) is 1.00. The van der Waals surface area contributed by atoms with E-state index >= 15 is 0 Å². The standard InChI is InChI=1S/C18H33B4N/c1-4-6-8-10-12-17(3,13-11-9-7-5-2)23-16(20)15(19)14-18(23,21)22/h15-16H,4-14H2,1-3H3. The van der Waals surface area contributed by atoms with Crippen LogP contribution in [0.15, 0.2) is 0 Å². The Labute approximate surface area is 150 Å². The second-order valence-corrected chi connectivity index (χ2v) is 7.84. The minimum atomic E-state index is -0.886. The summed E-state index contributed by atoms with van der Waals surface area (Å²) < 4.78 is 0. The molecule has 0 amide bonds. The van der Waals surface area contributed by atoms with Gasteiger partial charge in [-0.15, -0.1) is 0 Å². The summed E-state index contributed by atoms with van der Waals surface area (Å²) in [5.41, 5.74) is -0.0570. The van der Waals surface area contributed by atoms with Gasteiger partial charge in [0.05, 0.1) is 31.4 Å². The van der Waals surface area contributed by atoms with Crippen LogP contribution in [0.1, 0.15) is 91.4 Å². The molecule has 0 N–H and O–H groups in total. The molecule has 23 heavy (non-hydrogen) atoms. The van der Waals surface area contributed by atoms with Crippen molar-refractivity contribution < 1.29 is 0 Å². The Morgan fingerprint density at radius 2 is 1.39 bits per heavy atom. The van der Waals surface area contributed by atoms with Gasteiger partial charge < -0.3 is 4.90 Å². The van der Waals surface area contributed by atoms with Gasteiger partial charge in [0.15, 0.2) is 0 Å². The first-order chi connectivity index (χ1) is 10.8. The maximum Gasteiger partial charge on any atom is 0.0903 e. The van der Waals surface area contributed by atoms with E-state index in [2.05, 4.69) is 25.7 Å². The van der Waals surface area contributed by atoms with Crippen molar-refractivity contribution in [2.24, 2.45) is 0 Å². The first-order valence-electron chi connectivity index (χ1n) is 9.67. The molecule has 1 fully saturated rings. The fourth-order valence-corrected chi connectivity index (χ4v) is 4.16. The fourth-order valence-electron chi connectivity index (χ4n) is 4.16. The molecule has 122 valence electrons. The lowest BCUT2D eigenvalue weighted by Gasteiger charge is -2.51. The molecule has 1 rings (SSSR count). The molecule has 5 heteroatoms. The zero-order valence-corrected chi connectivity index (χ0v) is 15.7. The van der Waals surface area contributed by atoms with Gasteiger partial charge in [-0.25, -0.2) is 0 Å². The summed E-state index contributed by atoms with van der Waals surface area (Å²) in [6.45, 7) is 6.77. The van der Waals surface area contributed by atoms with Crippen molar-refractivity contribution in [2.75, 3.05) is 0 Å². The van der Waals surface area contributed by atoms with E-state index in [1.54, 1.807) is 0 Å². The summed E-state index contributed by atoms with van der Waals surface area (Å²) in [4.78, 5) is 2.14. The van der Waals surface area contributed by atoms with E-state index in [0.29, 0.717) is 6.42 Å². The number of nitrogens with zero attached hydrogens (tertiary/aromatic N) is 1. The predicted octanol–water partition coefficient (Wildman–Crippen LogP) is 3.83. The van der Waals surface area contributed by atoms with Crippen molar-refractivity contribution >= 4 is 31.4 Å². The summed E-state index contributed by atoms with van der Waals surface area (Å²) in [6, 6.07) is 0. The average Bonchev–Trinajstić information content (AvgIpc) is 2.68. The third-order valence-electron chi connectivity index (χ3n) is 5.47. The van der Waals surface area contributed by atoms with Crippen LogP contribution in [0.2, 0.25) is 5.82 Å². The van der Waals surface area contributed by atoms with E-state index < -0.39 is 5.34 Å². The summed E-state index contributed by atoms with van der Waals surface area (Å²) in [5.74, 6) is -0.386. The van der Waals surface area contributed by atoms with Crippen molar-refractivity contribution in [3.8, 4) is 0 Å². The summed E-state index contributed by atoms with van der Waals surface area (Å²) >= 11 is 0. The van der Waals surface area contributed by atoms with E-state index in [1.165, 1.54) is 51.4 Å². The third kappa shape index (κ3) is 5.91. The maximum atomic E-state index is 6.39. The summed E-state index contributed by atoms with van der Waals surface area (Å²) in [7, 11) is 25.3. The minimum Gasteiger partial charge on any atom is -0.315 e. The smallest absolute Gasteiger partial charge is 0.0903 e. The van der Waals surface area contributed by atoms with Crippen LogP contribution in [0.4, 0.5) is 0 Å². The van der Waals surface area contributed by atoms with Gasteiger partial charge in [-0.2, -0.15) is 0 Å². The lowest BCUT2D eigenvalue weighted by atomic mass is 9.57. The molecule has 1 heterocycles. The van der Waals surface area contributed by atoms with E-state index in [0.717, 1.165) is 12.8 Å². The lowest BCUT2D eigenvalue weighted by molar-refractivity contribution is 0.0665. The highest BCUT2D eigenvalue weighted by atomic mass is 15.3. The molecule has 1 aliphatic heterocycles. The van der Waals surface area contributed by atoms with E-state index in [1.807, 2.05) is 0 Å². The van der Waals surface area contributed by atoms with Crippen LogP contribution >= 0.6 is 0 Å². The van der Waals surface area contributed by atoms with Gasteiger partial charge >= 0.3 is 0 Å². The lowest BCUT2D eigenvalue weighted by Crippen LogP contribution is -2.60. The molecule has 0 saturated carbocycles. The minimum absolute atomic E-state index is 0.0570. The molecule has 2 atom stereocenters. The van der Waals surface area contributed by atoms with Crippen LogP contribution in [0.5, 0.6) is 0 Å². The van der Waals surface area contributed by atoms with Crippen LogP contribution in [0.25, 0.3) is 0 Å². The van der Waals surface area contributed by atoms with Gasteiger partial charge in [0.1, 0.15) is 0 Å². The van der Waals surface area contributed by atoms with Crippen LogP contribution in [0, 0.1) is 0 Å². The Kier molecular flexibility index (Phi) is 8.91. The molecule has 1 aliphatic rings. The molecule has 0 aromatic rings. The highest BCUT2D eigenvalue weighted by Crippen LogP contribution is 2.44. The molecule has 8 radical (unpaired) electrons. The predicted molar refractivity (Wildman–Crippen MR) is 106 cm³/mol. The van der Waals surface area contributed by atoms with E-state index in [9.17, 15) is 0 Å². The molecule has 0 bridgehead atoms. The molecule has 0 aliphatic carbocycles. The zero-order valence-electron chi connectivity index (χ0n) is 15.7. The topological polar surface area (TPSA) is 3.24 Å². The molecule has 0 aromatic heterocycles. The molecular formula is C18H33B4N. The summed E-state index contributed by atoms with van der Waals surface area (Å²) in [5, 5.41) is -0.886. The SMILES string of the molecule is [B]C1CC([B])([B])N(C(C)(CCCCCC)CCCCCC)C1[B]. The number of hydrogen-bond donors (Lipinski definition) is 0. The van der Waals surface area contributed by atoms with Gasteiger partial charge in [-0.05, 0) is 25.7 Å². The van der Waals surface area contributed by atoms with Gasteiger partial charge in [0.2, 0.25) is 0 Å². The van der Waals surface area contributed by atoms with E-state index in [4.69, 9.17) is 31.4 Å². The van der Waals surface area contributed by atoms with Crippen molar-refractivity contribution in [3.63, 3.8) is 0 Å². The molecule has 0 aromatic carbocycles. The van der Waals surface area contributed by atoms with Gasteiger partial charge in [0, 0.05) is 5.54 Å². The van der Waals surface area contributed by atoms with Crippen molar-refractivity contribution in [3.05, 3.63) is 0 Å². The molecule has 1 nitrogen and oxygen atoms in total. The Balaban J connectivity index is 2.79. The Bertz CT molecular complexity index is 323. The molecule has 2 unspecified atom stereocenters. The average molecular weight is 307 g/mol. The first kappa shape index (κ1) is 21.3. The normalized spacial score (nSPS) is 25.0. The molecule has 0 spiro atoms. The number of likely N-dealkylation sites (tertiary alicyclic amines) is 1. The van der Waals surface area contributed by atoms with Gasteiger partial charge in [0.25, 0.3) is 0 Å². The quantitative estimate of drug-likeness (QED) is 0.414. The van der Waals surface area contributed by atoms with E-state index in [-0.39, 0.29) is 17.3 Å². The first-order valence-corrected chi connectivity index (χ1v) is 9.67. The van der Waals surface area contributed by atoms with Crippen LogP contribution in [-0.4, -0.2) is 53.1 Å². The Morgan fingerprint density at radius 3 is 1.74 bits per heavy atom. The second kappa shape index (κ2) is 9.64. The molecule has 1 saturated heterocycles. The van der Waals surface area contributed by atoms with Crippen molar-refractivity contribution in [2.45, 2.75) is 114 Å². The Hall–Kier alpha value is 0.220.